The second-order valence-corrected chi connectivity index (χ2v) is 13.2. The molecule has 2 aliphatic heterocycles. The quantitative estimate of drug-likeness (QED) is 0.412. The van der Waals surface area contributed by atoms with Crippen LogP contribution in [0.1, 0.15) is 17.5 Å². The molecule has 0 unspecified atom stereocenters. The van der Waals surface area contributed by atoms with Gasteiger partial charge in [0, 0.05) is 31.1 Å². The molecule has 2 heterocycles. The minimum atomic E-state index is -4.11. The Balaban J connectivity index is 1.32. The molecule has 3 aromatic carbocycles. The lowest BCUT2D eigenvalue weighted by atomic mass is 9.65. The number of carbonyl (C=O) groups is 3. The van der Waals surface area contributed by atoms with Crippen molar-refractivity contribution in [2.45, 2.75) is 36.5 Å². The predicted molar refractivity (Wildman–Crippen MR) is 152 cm³/mol. The molecular weight excluding hydrogens is 577 g/mol. The number of imide groups is 1. The zero-order chi connectivity index (χ0) is 30.5. The highest BCUT2D eigenvalue weighted by Gasteiger charge is 2.68. The molecule has 2 N–H and O–H groups in total. The molecule has 3 aromatic rings. The van der Waals surface area contributed by atoms with Crippen LogP contribution in [-0.2, 0) is 30.9 Å². The number of ether oxygens (including phenoxy) is 1. The number of hydrogen-bond donors (Lipinski definition) is 2. The number of para-hydroxylation sites is 1. The third kappa shape index (κ3) is 4.98. The first-order valence-corrected chi connectivity index (χ1v) is 15.3. The van der Waals surface area contributed by atoms with Crippen LogP contribution in [0.15, 0.2) is 83.8 Å². The summed E-state index contributed by atoms with van der Waals surface area (Å²) in [5.74, 6) is -4.60. The van der Waals surface area contributed by atoms with Crippen LogP contribution in [0.4, 0.5) is 14.9 Å². The van der Waals surface area contributed by atoms with Crippen LogP contribution in [0.25, 0.3) is 0 Å². The van der Waals surface area contributed by atoms with Crippen LogP contribution >= 0.6 is 0 Å². The molecule has 224 valence electrons. The van der Waals surface area contributed by atoms with Gasteiger partial charge in [0.25, 0.3) is 0 Å². The fourth-order valence-corrected chi connectivity index (χ4v) is 8.01. The van der Waals surface area contributed by atoms with E-state index in [-0.39, 0.29) is 30.0 Å². The highest BCUT2D eigenvalue weighted by Crippen LogP contribution is 2.52. The summed E-state index contributed by atoms with van der Waals surface area (Å²) in [5, 5.41) is 14.6. The van der Waals surface area contributed by atoms with Gasteiger partial charge in [-0.1, -0.05) is 54.1 Å². The summed E-state index contributed by atoms with van der Waals surface area (Å²) < 4.78 is 48.2. The summed E-state index contributed by atoms with van der Waals surface area (Å²) in [6.45, 7) is 0.921. The van der Waals surface area contributed by atoms with Gasteiger partial charge in [-0.3, -0.25) is 14.5 Å². The van der Waals surface area contributed by atoms with Gasteiger partial charge in [-0.05, 0) is 43.7 Å². The van der Waals surface area contributed by atoms with E-state index in [1.165, 1.54) is 30.3 Å². The molecule has 1 saturated carbocycles. The molecule has 0 radical (unpaired) electrons. The number of nitrogens with zero attached hydrogens (tertiary/aromatic N) is 2. The highest BCUT2D eigenvalue weighted by molar-refractivity contribution is 7.89. The summed E-state index contributed by atoms with van der Waals surface area (Å²) >= 11 is 0. The summed E-state index contributed by atoms with van der Waals surface area (Å²) in [6, 6.07) is 20.5. The predicted octanol–water partition coefficient (Wildman–Crippen LogP) is 2.99. The van der Waals surface area contributed by atoms with Gasteiger partial charge in [-0.2, -0.15) is 4.31 Å². The molecule has 0 aromatic heterocycles. The maximum atomic E-state index is 14.1. The lowest BCUT2D eigenvalue weighted by Crippen LogP contribution is -2.59. The first-order valence-electron chi connectivity index (χ1n) is 13.9. The maximum absolute atomic E-state index is 14.1. The Kier molecular flexibility index (Phi) is 7.31. The van der Waals surface area contributed by atoms with Crippen LogP contribution in [0.3, 0.4) is 0 Å². The number of amides is 3. The fourth-order valence-electron chi connectivity index (χ4n) is 6.49. The van der Waals surface area contributed by atoms with Crippen LogP contribution in [0.2, 0.25) is 0 Å². The molecule has 6 rings (SSSR count). The third-order valence-electron chi connectivity index (χ3n) is 8.71. The zero-order valence-corrected chi connectivity index (χ0v) is 24.0. The molecule has 3 aliphatic rings. The van der Waals surface area contributed by atoms with Crippen molar-refractivity contribution in [1.29, 1.82) is 0 Å². The normalized spacial score (nSPS) is 27.1. The summed E-state index contributed by atoms with van der Waals surface area (Å²) in [4.78, 5) is 41.4. The van der Waals surface area contributed by atoms with E-state index in [1.807, 2.05) is 6.92 Å². The monoisotopic (exact) mass is 607 g/mol. The van der Waals surface area contributed by atoms with Gasteiger partial charge >= 0.3 is 6.09 Å². The second-order valence-electron chi connectivity index (χ2n) is 11.3. The van der Waals surface area contributed by atoms with Crippen molar-refractivity contribution in [3.05, 3.63) is 95.8 Å². The average molecular weight is 608 g/mol. The van der Waals surface area contributed by atoms with E-state index in [0.717, 1.165) is 14.8 Å². The Bertz CT molecular complexity index is 1680. The second kappa shape index (κ2) is 10.9. The molecule has 1 aliphatic carbocycles. The van der Waals surface area contributed by atoms with Crippen molar-refractivity contribution in [2.24, 2.45) is 17.8 Å². The molecule has 2 saturated heterocycles. The molecule has 10 nitrogen and oxygen atoms in total. The minimum Gasteiger partial charge on any atom is -0.443 e. The van der Waals surface area contributed by atoms with Crippen LogP contribution in [0, 0.1) is 30.5 Å². The molecule has 0 bridgehead atoms. The number of alkyl carbamates (subject to hydrolysis) is 1. The first-order chi connectivity index (χ1) is 20.5. The lowest BCUT2D eigenvalue weighted by Gasteiger charge is -2.44. The van der Waals surface area contributed by atoms with Gasteiger partial charge in [0.15, 0.2) is 0 Å². The van der Waals surface area contributed by atoms with E-state index >= 15 is 0 Å². The largest absolute Gasteiger partial charge is 0.443 e. The Morgan fingerprint density at radius 2 is 1.70 bits per heavy atom. The zero-order valence-electron chi connectivity index (χ0n) is 23.2. The van der Waals surface area contributed by atoms with Crippen molar-refractivity contribution < 1.29 is 37.0 Å². The molecule has 5 atom stereocenters. The van der Waals surface area contributed by atoms with Crippen molar-refractivity contribution in [3.63, 3.8) is 0 Å². The topological polar surface area (TPSA) is 133 Å². The van der Waals surface area contributed by atoms with Crippen molar-refractivity contribution in [2.75, 3.05) is 18.0 Å². The number of β-amino-alcohol motifs (C(OH)–C–C–N with tert-alkyl or cyclic N) is 1. The fraction of sp³-hybridized carbons (Fsp3) is 0.323. The van der Waals surface area contributed by atoms with Gasteiger partial charge in [0.1, 0.15) is 17.5 Å². The van der Waals surface area contributed by atoms with E-state index in [9.17, 15) is 32.3 Å². The lowest BCUT2D eigenvalue weighted by molar-refractivity contribution is -0.156. The molecular formula is C31H30FN3O7S. The van der Waals surface area contributed by atoms with Gasteiger partial charge in [0.2, 0.25) is 21.8 Å². The number of benzene rings is 3. The van der Waals surface area contributed by atoms with E-state index < -0.39 is 69.8 Å². The number of anilines is 1. The standard InChI is InChI=1S/C31H30FN3O7S/c1-19-11-13-22(14-12-19)43(40,41)34-17-24-27-23(28(36)35(29(27)37)21-8-3-2-4-9-21)15-26(31(24,39)18-34)42-30(38)33-16-20-7-5-6-10-25(20)32/h2-14,23-24,26-27,39H,15-18H2,1H3,(H,33,38)/t23-,24-,26-,27-,31+/m0/s1. The number of aryl methyl sites for hydroxylation is 1. The SMILES string of the molecule is Cc1ccc(S(=O)(=O)N2C[C@H]3[C@H]4C(=O)N(c5ccccc5)C(=O)[C@H]4C[C@H](OC(=O)NCc4ccccc4F)[C@@]3(O)C2)cc1. The summed E-state index contributed by atoms with van der Waals surface area (Å²) in [6.07, 6.45) is -2.50. The summed E-state index contributed by atoms with van der Waals surface area (Å²) in [5.41, 5.74) is -0.540. The maximum Gasteiger partial charge on any atom is 0.407 e. The number of hydrogen-bond acceptors (Lipinski definition) is 7. The summed E-state index contributed by atoms with van der Waals surface area (Å²) in [7, 11) is -4.11. The number of halogens is 1. The van der Waals surface area contributed by atoms with Crippen molar-refractivity contribution in [3.8, 4) is 0 Å². The third-order valence-corrected chi connectivity index (χ3v) is 10.5. The van der Waals surface area contributed by atoms with Gasteiger partial charge in [-0.15, -0.1) is 0 Å². The van der Waals surface area contributed by atoms with E-state index in [4.69, 9.17) is 4.74 Å². The van der Waals surface area contributed by atoms with Gasteiger partial charge < -0.3 is 15.2 Å². The molecule has 43 heavy (non-hydrogen) atoms. The Morgan fingerprint density at radius 1 is 1.02 bits per heavy atom. The Hall–Kier alpha value is -4.13. The van der Waals surface area contributed by atoms with Crippen molar-refractivity contribution >= 4 is 33.6 Å². The minimum absolute atomic E-state index is 0.0109. The van der Waals surface area contributed by atoms with E-state index in [0.29, 0.717) is 5.69 Å². The number of carbonyl (C=O) groups excluding carboxylic acids is 3. The highest BCUT2D eigenvalue weighted by atomic mass is 32.2. The van der Waals surface area contributed by atoms with Crippen molar-refractivity contribution in [1.82, 2.24) is 9.62 Å². The Morgan fingerprint density at radius 3 is 2.40 bits per heavy atom. The average Bonchev–Trinajstić information content (AvgIpc) is 3.47. The number of aliphatic hydroxyl groups is 1. The molecule has 3 amide bonds. The van der Waals surface area contributed by atoms with Gasteiger partial charge in [-0.25, -0.2) is 17.6 Å². The Labute approximate surface area is 248 Å². The first kappa shape index (κ1) is 29.0. The molecule has 3 fully saturated rings. The van der Waals surface area contributed by atoms with Gasteiger partial charge in [0.05, 0.1) is 22.4 Å². The van der Waals surface area contributed by atoms with Crippen LogP contribution < -0.4 is 10.2 Å². The van der Waals surface area contributed by atoms with Crippen LogP contribution in [-0.4, -0.2) is 60.5 Å². The van der Waals surface area contributed by atoms with E-state index in [2.05, 4.69) is 5.32 Å². The molecule has 12 heteroatoms. The van der Waals surface area contributed by atoms with E-state index in [1.54, 1.807) is 48.5 Å². The molecule has 0 spiro atoms. The number of fused-ring (bicyclic) bond motifs is 3. The number of sulfonamides is 1. The van der Waals surface area contributed by atoms with Crippen LogP contribution in [0.5, 0.6) is 0 Å². The number of nitrogens with one attached hydrogen (secondary N) is 1. The number of rotatable bonds is 6. The smallest absolute Gasteiger partial charge is 0.407 e.